The maximum atomic E-state index is 13.8. The van der Waals surface area contributed by atoms with Crippen molar-refractivity contribution in [2.45, 2.75) is 39.9 Å². The van der Waals surface area contributed by atoms with Crippen LogP contribution in [0.4, 0.5) is 17.3 Å². The molecule has 0 radical (unpaired) electrons. The van der Waals surface area contributed by atoms with Gasteiger partial charge in [-0.05, 0) is 74.4 Å². The SMILES string of the molecule is Cc1c(CNC(=O)c2cccn(Cc3ccc(Cl)nc3)c2=O)c(=O)n(C(C)C)c2nc(Nc3ccc(N4CCOCC4)cc3)ncc12. The lowest BCUT2D eigenvalue weighted by atomic mass is 10.1. The van der Waals surface area contributed by atoms with Crippen molar-refractivity contribution < 1.29 is 9.53 Å². The number of aryl methyl sites for hydroxylation is 1. The lowest BCUT2D eigenvalue weighted by Crippen LogP contribution is -2.36. The molecule has 1 aromatic carbocycles. The number of carbonyl (C=O) groups is 1. The summed E-state index contributed by atoms with van der Waals surface area (Å²) >= 11 is 5.87. The van der Waals surface area contributed by atoms with Gasteiger partial charge in [0.15, 0.2) is 0 Å². The summed E-state index contributed by atoms with van der Waals surface area (Å²) in [6.07, 6.45) is 4.87. The molecule has 0 saturated carbocycles. The van der Waals surface area contributed by atoms with Gasteiger partial charge in [0.25, 0.3) is 17.0 Å². The molecule has 1 saturated heterocycles. The van der Waals surface area contributed by atoms with Crippen LogP contribution in [0.5, 0.6) is 0 Å². The number of rotatable bonds is 9. The summed E-state index contributed by atoms with van der Waals surface area (Å²) < 4.78 is 8.48. The molecule has 0 spiro atoms. The van der Waals surface area contributed by atoms with E-state index in [2.05, 4.69) is 25.5 Å². The Bertz CT molecular complexity index is 2040. The minimum Gasteiger partial charge on any atom is -0.378 e. The molecule has 242 valence electrons. The number of fused-ring (bicyclic) bond motifs is 1. The van der Waals surface area contributed by atoms with Crippen molar-refractivity contribution in [3.8, 4) is 0 Å². The fourth-order valence-electron chi connectivity index (χ4n) is 5.63. The zero-order chi connectivity index (χ0) is 33.1. The first-order valence-electron chi connectivity index (χ1n) is 15.4. The molecule has 0 unspecified atom stereocenters. The molecular formula is C34H35ClN8O4. The molecule has 13 heteroatoms. The summed E-state index contributed by atoms with van der Waals surface area (Å²) in [7, 11) is 0. The van der Waals surface area contributed by atoms with E-state index in [-0.39, 0.29) is 30.3 Å². The zero-order valence-corrected chi connectivity index (χ0v) is 27.1. The second-order valence-electron chi connectivity index (χ2n) is 11.6. The summed E-state index contributed by atoms with van der Waals surface area (Å²) in [5.41, 5.74) is 3.48. The van der Waals surface area contributed by atoms with Crippen LogP contribution in [0.15, 0.2) is 76.7 Å². The average Bonchev–Trinajstić information content (AvgIpc) is 3.07. The van der Waals surface area contributed by atoms with Gasteiger partial charge in [0.1, 0.15) is 16.4 Å². The summed E-state index contributed by atoms with van der Waals surface area (Å²) in [6, 6.07) is 14.3. The summed E-state index contributed by atoms with van der Waals surface area (Å²) in [4.78, 5) is 55.8. The number of benzene rings is 1. The highest BCUT2D eigenvalue weighted by Crippen LogP contribution is 2.24. The van der Waals surface area contributed by atoms with E-state index in [1.54, 1.807) is 41.4 Å². The van der Waals surface area contributed by atoms with Crippen LogP contribution in [0.25, 0.3) is 11.0 Å². The van der Waals surface area contributed by atoms with Crippen molar-refractivity contribution in [3.63, 3.8) is 0 Å². The van der Waals surface area contributed by atoms with Crippen LogP contribution in [-0.2, 0) is 17.8 Å². The summed E-state index contributed by atoms with van der Waals surface area (Å²) in [5, 5.41) is 7.07. The zero-order valence-electron chi connectivity index (χ0n) is 26.4. The molecule has 47 heavy (non-hydrogen) atoms. The number of anilines is 3. The van der Waals surface area contributed by atoms with Crippen molar-refractivity contribution in [2.75, 3.05) is 36.5 Å². The van der Waals surface area contributed by atoms with Crippen molar-refractivity contribution in [1.29, 1.82) is 0 Å². The van der Waals surface area contributed by atoms with Gasteiger partial charge in [0.2, 0.25) is 5.95 Å². The maximum Gasteiger partial charge on any atom is 0.263 e. The largest absolute Gasteiger partial charge is 0.378 e. The average molecular weight is 655 g/mol. The number of morpholine rings is 1. The Morgan fingerprint density at radius 3 is 2.47 bits per heavy atom. The molecule has 1 fully saturated rings. The monoisotopic (exact) mass is 654 g/mol. The lowest BCUT2D eigenvalue weighted by Gasteiger charge is -2.28. The number of pyridine rings is 3. The van der Waals surface area contributed by atoms with Gasteiger partial charge in [-0.3, -0.25) is 19.0 Å². The number of halogens is 1. The Hall–Kier alpha value is -5.07. The second kappa shape index (κ2) is 13.7. The lowest BCUT2D eigenvalue weighted by molar-refractivity contribution is 0.0948. The van der Waals surface area contributed by atoms with Gasteiger partial charge >= 0.3 is 0 Å². The number of hydrogen-bond acceptors (Lipinski definition) is 9. The Labute approximate surface area is 276 Å². The second-order valence-corrected chi connectivity index (χ2v) is 12.0. The predicted octanol–water partition coefficient (Wildman–Crippen LogP) is 4.45. The standard InChI is InChI=1S/C34H35ClN8O4/c1-21(2)43-30-27(18-38-34(40-30)39-24-7-9-25(10-8-24)41-13-15-47-16-14-41)22(3)28(33(43)46)19-37-31(44)26-5-4-12-42(32(26)45)20-23-6-11-29(35)36-17-23/h4-12,17-18,21H,13-16,19-20H2,1-3H3,(H,37,44)(H,38,39,40). The van der Waals surface area contributed by atoms with E-state index in [1.165, 1.54) is 10.6 Å². The van der Waals surface area contributed by atoms with E-state index in [0.29, 0.717) is 46.5 Å². The molecule has 2 N–H and O–H groups in total. The number of amides is 1. The van der Waals surface area contributed by atoms with Crippen LogP contribution >= 0.6 is 11.6 Å². The molecule has 0 bridgehead atoms. The van der Waals surface area contributed by atoms with Crippen LogP contribution < -0.4 is 26.7 Å². The molecule has 1 aliphatic rings. The molecule has 1 amide bonds. The van der Waals surface area contributed by atoms with Crippen LogP contribution in [0.1, 0.15) is 46.9 Å². The minimum absolute atomic E-state index is 0.0333. The fourth-order valence-corrected chi connectivity index (χ4v) is 5.75. The number of aromatic nitrogens is 5. The van der Waals surface area contributed by atoms with Gasteiger partial charge in [-0.25, -0.2) is 9.97 Å². The van der Waals surface area contributed by atoms with Crippen molar-refractivity contribution in [2.24, 2.45) is 0 Å². The highest BCUT2D eigenvalue weighted by Gasteiger charge is 2.20. The van der Waals surface area contributed by atoms with E-state index in [0.717, 1.165) is 30.0 Å². The third-order valence-electron chi connectivity index (χ3n) is 8.18. The molecule has 0 atom stereocenters. The van der Waals surface area contributed by atoms with E-state index in [4.69, 9.17) is 21.3 Å². The Morgan fingerprint density at radius 2 is 1.77 bits per heavy atom. The van der Waals surface area contributed by atoms with E-state index in [9.17, 15) is 14.4 Å². The molecule has 0 aliphatic carbocycles. The Morgan fingerprint density at radius 1 is 1.00 bits per heavy atom. The third kappa shape index (κ3) is 6.88. The van der Waals surface area contributed by atoms with Crippen LogP contribution in [0.3, 0.4) is 0 Å². The molecular weight excluding hydrogens is 620 g/mol. The van der Waals surface area contributed by atoms with Crippen molar-refractivity contribution in [3.05, 3.63) is 115 Å². The van der Waals surface area contributed by atoms with Gasteiger partial charge in [-0.15, -0.1) is 0 Å². The van der Waals surface area contributed by atoms with Gasteiger partial charge in [0.05, 0.1) is 19.8 Å². The fraction of sp³-hybridized carbons (Fsp3) is 0.294. The number of carbonyl (C=O) groups excluding carboxylic acids is 1. The third-order valence-corrected chi connectivity index (χ3v) is 8.40. The van der Waals surface area contributed by atoms with E-state index >= 15 is 0 Å². The highest BCUT2D eigenvalue weighted by molar-refractivity contribution is 6.29. The quantitative estimate of drug-likeness (QED) is 0.221. The normalized spacial score (nSPS) is 13.3. The minimum atomic E-state index is -0.580. The Kier molecular flexibility index (Phi) is 9.32. The number of ether oxygens (including phenoxy) is 1. The first-order valence-corrected chi connectivity index (χ1v) is 15.8. The molecule has 1 aliphatic heterocycles. The number of nitrogens with one attached hydrogen (secondary N) is 2. The first-order chi connectivity index (χ1) is 22.7. The molecule has 12 nitrogen and oxygen atoms in total. The molecule has 6 rings (SSSR count). The van der Waals surface area contributed by atoms with Crippen LogP contribution in [0.2, 0.25) is 5.15 Å². The van der Waals surface area contributed by atoms with Gasteiger partial charge in [-0.1, -0.05) is 17.7 Å². The van der Waals surface area contributed by atoms with Gasteiger partial charge < -0.3 is 24.8 Å². The topological polar surface area (TPSA) is 136 Å². The number of hydrogen-bond donors (Lipinski definition) is 2. The summed E-state index contributed by atoms with van der Waals surface area (Å²) in [5.74, 6) is -0.218. The first kappa shape index (κ1) is 31.9. The van der Waals surface area contributed by atoms with Crippen LogP contribution in [-0.4, -0.2) is 56.3 Å². The van der Waals surface area contributed by atoms with Crippen molar-refractivity contribution in [1.82, 2.24) is 29.4 Å². The van der Waals surface area contributed by atoms with E-state index < -0.39 is 11.5 Å². The number of nitrogens with zero attached hydrogens (tertiary/aromatic N) is 6. The van der Waals surface area contributed by atoms with Gasteiger partial charge in [0, 0.05) is 66.6 Å². The maximum absolute atomic E-state index is 13.8. The Balaban J connectivity index is 1.22. The molecule has 5 aromatic rings. The molecule has 4 aromatic heterocycles. The molecule has 5 heterocycles. The smallest absolute Gasteiger partial charge is 0.263 e. The summed E-state index contributed by atoms with van der Waals surface area (Å²) in [6.45, 7) is 8.91. The predicted molar refractivity (Wildman–Crippen MR) is 182 cm³/mol. The highest BCUT2D eigenvalue weighted by atomic mass is 35.5. The van der Waals surface area contributed by atoms with Crippen molar-refractivity contribution >= 4 is 45.9 Å². The van der Waals surface area contributed by atoms with Crippen LogP contribution in [0, 0.1) is 6.92 Å². The van der Waals surface area contributed by atoms with Gasteiger partial charge in [-0.2, -0.15) is 4.98 Å². The van der Waals surface area contributed by atoms with E-state index in [1.807, 2.05) is 45.0 Å².